The molecule has 178 valence electrons. The number of hydrogen-bond acceptors (Lipinski definition) is 6. The molecule has 2 aromatic carbocycles. The maximum Gasteiger partial charge on any atom is 0.259 e. The van der Waals surface area contributed by atoms with Gasteiger partial charge in [-0.15, -0.1) is 5.10 Å². The van der Waals surface area contributed by atoms with Crippen LogP contribution in [0.4, 0.5) is 5.82 Å². The van der Waals surface area contributed by atoms with E-state index in [1.807, 2.05) is 72.8 Å². The number of aliphatic hydroxyl groups is 1. The summed E-state index contributed by atoms with van der Waals surface area (Å²) in [4.78, 5) is 20.6. The Balaban J connectivity index is 1.59. The third-order valence-electron chi connectivity index (χ3n) is 6.32. The van der Waals surface area contributed by atoms with E-state index in [1.54, 1.807) is 17.0 Å². The molecule has 0 bridgehead atoms. The van der Waals surface area contributed by atoms with Crippen LogP contribution in [-0.2, 0) is 7.05 Å². The topological polar surface area (TPSA) is 96.2 Å². The molecule has 2 aromatic heterocycles. The van der Waals surface area contributed by atoms with E-state index >= 15 is 0 Å². The van der Waals surface area contributed by atoms with Crippen molar-refractivity contribution < 1.29 is 9.90 Å². The molecule has 1 saturated heterocycles. The first-order valence-electron chi connectivity index (χ1n) is 11.8. The molecule has 35 heavy (non-hydrogen) atoms. The van der Waals surface area contributed by atoms with Crippen LogP contribution < -0.4 is 10.2 Å². The van der Waals surface area contributed by atoms with E-state index in [0.717, 1.165) is 47.0 Å². The predicted molar refractivity (Wildman–Crippen MR) is 137 cm³/mol. The van der Waals surface area contributed by atoms with Crippen molar-refractivity contribution in [3.8, 4) is 11.3 Å². The number of pyridine rings is 1. The number of amides is 1. The van der Waals surface area contributed by atoms with Gasteiger partial charge in [0.05, 0.1) is 18.8 Å². The molecule has 0 saturated carbocycles. The molecule has 0 spiro atoms. The number of nitrogens with one attached hydrogen (secondary N) is 1. The van der Waals surface area contributed by atoms with Gasteiger partial charge >= 0.3 is 0 Å². The summed E-state index contributed by atoms with van der Waals surface area (Å²) in [5.74, 6) is 0.544. The number of nitrogens with zero attached hydrogens (tertiary/aromatic N) is 5. The maximum atomic E-state index is 14.0. The molecule has 0 radical (unpaired) electrons. The molecule has 5 rings (SSSR count). The fraction of sp³-hybridized carbons (Fsp3) is 0.259. The zero-order valence-electron chi connectivity index (χ0n) is 19.6. The van der Waals surface area contributed by atoms with Crippen molar-refractivity contribution in [1.29, 1.82) is 0 Å². The van der Waals surface area contributed by atoms with Gasteiger partial charge in [-0.25, -0.2) is 4.98 Å². The first-order valence-corrected chi connectivity index (χ1v) is 11.8. The van der Waals surface area contributed by atoms with Crippen LogP contribution in [0.25, 0.3) is 28.1 Å². The molecule has 0 aliphatic carbocycles. The first kappa shape index (κ1) is 22.9. The Morgan fingerprint density at radius 1 is 1.23 bits per heavy atom. The maximum absolute atomic E-state index is 14.0. The number of hydrogen-bond donors (Lipinski definition) is 2. The highest BCUT2D eigenvalue weighted by Crippen LogP contribution is 2.32. The standard InChI is InChI=1S/C27H28N6O2/c1-32-18-24(30-31-32)19-9-11-22(12-10-19)27(35)33(23-8-3-14-28-17-23)26-25-20(7-4-16-34)5-2-6-21(25)13-15-29-26/h2,4-7,9-13,15,18,23,28,34H,3,8,14,16-17H2,1H3/b7-4-/t23-/m1/s1. The van der Waals surface area contributed by atoms with E-state index in [9.17, 15) is 9.90 Å². The molecule has 8 nitrogen and oxygen atoms in total. The van der Waals surface area contributed by atoms with Crippen LogP contribution >= 0.6 is 0 Å². The molecule has 1 aliphatic rings. The SMILES string of the molecule is Cn1cc(-c2ccc(C(=O)N(c3nccc4cccc(/C=C\CO)c34)[C@@H]3CCCNC3)cc2)nn1. The lowest BCUT2D eigenvalue weighted by molar-refractivity contribution is 0.0972. The van der Waals surface area contributed by atoms with Crippen molar-refractivity contribution in [2.24, 2.45) is 7.05 Å². The van der Waals surface area contributed by atoms with Gasteiger partial charge in [0.1, 0.15) is 11.5 Å². The first-order chi connectivity index (χ1) is 17.2. The monoisotopic (exact) mass is 468 g/mol. The second kappa shape index (κ2) is 10.2. The lowest BCUT2D eigenvalue weighted by Crippen LogP contribution is -2.49. The fourth-order valence-corrected chi connectivity index (χ4v) is 4.63. The van der Waals surface area contributed by atoms with E-state index in [0.29, 0.717) is 17.9 Å². The van der Waals surface area contributed by atoms with Crippen molar-refractivity contribution in [1.82, 2.24) is 25.3 Å². The van der Waals surface area contributed by atoms with Gasteiger partial charge in [-0.3, -0.25) is 14.4 Å². The zero-order chi connectivity index (χ0) is 24.2. The normalized spacial score (nSPS) is 16.1. The van der Waals surface area contributed by atoms with Crippen molar-refractivity contribution in [2.45, 2.75) is 18.9 Å². The smallest absolute Gasteiger partial charge is 0.259 e. The highest BCUT2D eigenvalue weighted by molar-refractivity contribution is 6.11. The third-order valence-corrected chi connectivity index (χ3v) is 6.32. The van der Waals surface area contributed by atoms with Crippen LogP contribution in [0, 0.1) is 0 Å². The highest BCUT2D eigenvalue weighted by Gasteiger charge is 2.30. The van der Waals surface area contributed by atoms with Gasteiger partial charge in [0.15, 0.2) is 0 Å². The number of carbonyl (C=O) groups is 1. The minimum absolute atomic E-state index is 0.0242. The van der Waals surface area contributed by atoms with Gasteiger partial charge in [-0.1, -0.05) is 47.7 Å². The van der Waals surface area contributed by atoms with E-state index in [1.165, 1.54) is 0 Å². The highest BCUT2D eigenvalue weighted by atomic mass is 16.2. The average molecular weight is 469 g/mol. The summed E-state index contributed by atoms with van der Waals surface area (Å²) in [7, 11) is 1.83. The number of aryl methyl sites for hydroxylation is 1. The number of fused-ring (bicyclic) bond motifs is 1. The molecule has 0 unspecified atom stereocenters. The van der Waals surface area contributed by atoms with Crippen LogP contribution in [0.1, 0.15) is 28.8 Å². The number of aliphatic hydroxyl groups excluding tert-OH is 1. The fourth-order valence-electron chi connectivity index (χ4n) is 4.63. The number of benzene rings is 2. The van der Waals surface area contributed by atoms with Crippen molar-refractivity contribution in [3.05, 3.63) is 78.1 Å². The Morgan fingerprint density at radius 2 is 2.09 bits per heavy atom. The van der Waals surface area contributed by atoms with Crippen LogP contribution in [-0.4, -0.2) is 56.7 Å². The molecular formula is C27H28N6O2. The third kappa shape index (κ3) is 4.71. The van der Waals surface area contributed by atoms with Crippen LogP contribution in [0.3, 0.4) is 0 Å². The molecule has 8 heteroatoms. The van der Waals surface area contributed by atoms with Gasteiger partial charge in [0, 0.05) is 36.3 Å². The van der Waals surface area contributed by atoms with E-state index in [2.05, 4.69) is 15.6 Å². The summed E-state index contributed by atoms with van der Waals surface area (Å²) in [6, 6.07) is 15.4. The molecule has 1 aliphatic heterocycles. The van der Waals surface area contributed by atoms with Gasteiger partial charge in [0.2, 0.25) is 0 Å². The minimum atomic E-state index is -0.0923. The Hall–Kier alpha value is -3.88. The van der Waals surface area contributed by atoms with Crippen LogP contribution in [0.15, 0.2) is 67.0 Å². The summed E-state index contributed by atoms with van der Waals surface area (Å²) in [6.07, 6.45) is 9.06. The zero-order valence-corrected chi connectivity index (χ0v) is 19.6. The van der Waals surface area contributed by atoms with Crippen molar-refractivity contribution >= 4 is 28.6 Å². The summed E-state index contributed by atoms with van der Waals surface area (Å²) in [5, 5.41) is 22.8. The molecule has 4 aromatic rings. The molecule has 1 fully saturated rings. The predicted octanol–water partition coefficient (Wildman–Crippen LogP) is 3.43. The summed E-state index contributed by atoms with van der Waals surface area (Å²) >= 11 is 0. The van der Waals surface area contributed by atoms with Crippen molar-refractivity contribution in [3.63, 3.8) is 0 Å². The van der Waals surface area contributed by atoms with E-state index in [-0.39, 0.29) is 18.6 Å². The Labute approximate surface area is 203 Å². The second-order valence-electron chi connectivity index (χ2n) is 8.69. The number of piperidine rings is 1. The largest absolute Gasteiger partial charge is 0.392 e. The number of rotatable bonds is 6. The Kier molecular flexibility index (Phi) is 6.65. The van der Waals surface area contributed by atoms with Crippen molar-refractivity contribution in [2.75, 3.05) is 24.6 Å². The average Bonchev–Trinajstić information content (AvgIpc) is 3.34. The van der Waals surface area contributed by atoms with Crippen LogP contribution in [0.2, 0.25) is 0 Å². The summed E-state index contributed by atoms with van der Waals surface area (Å²) in [5.41, 5.74) is 3.17. The summed E-state index contributed by atoms with van der Waals surface area (Å²) < 4.78 is 1.65. The molecule has 2 N–H and O–H groups in total. The van der Waals surface area contributed by atoms with Gasteiger partial charge in [0.25, 0.3) is 5.91 Å². The van der Waals surface area contributed by atoms with Gasteiger partial charge < -0.3 is 10.4 Å². The molecule has 1 atom stereocenters. The minimum Gasteiger partial charge on any atom is -0.392 e. The molecule has 3 heterocycles. The van der Waals surface area contributed by atoms with E-state index in [4.69, 9.17) is 4.98 Å². The van der Waals surface area contributed by atoms with Crippen LogP contribution in [0.5, 0.6) is 0 Å². The number of aromatic nitrogens is 4. The van der Waals surface area contributed by atoms with Gasteiger partial charge in [-0.2, -0.15) is 0 Å². The molecular weight excluding hydrogens is 440 g/mol. The van der Waals surface area contributed by atoms with E-state index < -0.39 is 0 Å². The van der Waals surface area contributed by atoms with Gasteiger partial charge in [-0.05, 0) is 48.5 Å². The Bertz CT molecular complexity index is 1350. The number of anilines is 1. The lowest BCUT2D eigenvalue weighted by atomic mass is 10.00. The molecule has 1 amide bonds. The number of carbonyl (C=O) groups excluding carboxylic acids is 1. The summed E-state index contributed by atoms with van der Waals surface area (Å²) in [6.45, 7) is 1.59. The lowest BCUT2D eigenvalue weighted by Gasteiger charge is -2.35. The quantitative estimate of drug-likeness (QED) is 0.450. The second-order valence-corrected chi connectivity index (χ2v) is 8.69. The Morgan fingerprint density at radius 3 is 2.80 bits per heavy atom.